The molecule has 1 aliphatic heterocycles. The molecule has 0 aromatic heterocycles. The molecule has 2 atom stereocenters. The molecule has 0 spiro atoms. The Bertz CT molecular complexity index is 223. The van der Waals surface area contributed by atoms with Gasteiger partial charge in [0.1, 0.15) is 0 Å². The number of rotatable bonds is 0. The fraction of sp³-hybridized carbons (Fsp3) is 1.00. The maximum Gasteiger partial charge on any atom is 0.322 e. The lowest BCUT2D eigenvalue weighted by molar-refractivity contribution is 0.277. The van der Waals surface area contributed by atoms with Crippen molar-refractivity contribution >= 4 is 35.4 Å². The van der Waals surface area contributed by atoms with Gasteiger partial charge in [0.2, 0.25) is 0 Å². The van der Waals surface area contributed by atoms with Crippen LogP contribution in [0.25, 0.3) is 0 Å². The van der Waals surface area contributed by atoms with E-state index >= 15 is 0 Å². The molecule has 1 aliphatic rings. The zero-order chi connectivity index (χ0) is 11.7. The fourth-order valence-electron chi connectivity index (χ4n) is 1.72. The maximum atomic E-state index is 6.03. The van der Waals surface area contributed by atoms with Crippen LogP contribution in [0.3, 0.4) is 0 Å². The normalized spacial score (nSPS) is 36.4. The van der Waals surface area contributed by atoms with Crippen molar-refractivity contribution in [2.45, 2.75) is 39.3 Å². The Morgan fingerprint density at radius 1 is 0.867 bits per heavy atom. The average molecular weight is 283 g/mol. The van der Waals surface area contributed by atoms with Crippen LogP contribution in [0.4, 0.5) is 0 Å². The molecule has 0 aromatic carbocycles. The molecular formula is C7H22O4Si4. The van der Waals surface area contributed by atoms with Crippen LogP contribution in [-0.4, -0.2) is 41.7 Å². The molecule has 1 saturated heterocycles. The van der Waals surface area contributed by atoms with Crippen molar-refractivity contribution in [1.82, 2.24) is 0 Å². The Labute approximate surface area is 98.0 Å². The van der Waals surface area contributed by atoms with Gasteiger partial charge in [-0.2, -0.15) is 0 Å². The van der Waals surface area contributed by atoms with Gasteiger partial charge >= 0.3 is 26.4 Å². The van der Waals surface area contributed by atoms with Crippen LogP contribution in [-0.2, 0) is 16.8 Å². The summed E-state index contributed by atoms with van der Waals surface area (Å²) in [6, 6.07) is 0. The Balaban J connectivity index is 2.72. The topological polar surface area (TPSA) is 36.9 Å². The lowest BCUT2D eigenvalue weighted by Crippen LogP contribution is -2.45. The molecule has 4 nitrogen and oxygen atoms in total. The monoisotopic (exact) mass is 282 g/mol. The van der Waals surface area contributed by atoms with Crippen molar-refractivity contribution in [1.29, 1.82) is 0 Å². The Kier molecular flexibility index (Phi) is 4.51. The van der Waals surface area contributed by atoms with Gasteiger partial charge in [-0.25, -0.2) is 0 Å². The van der Waals surface area contributed by atoms with Crippen LogP contribution in [0, 0.1) is 0 Å². The molecule has 0 bridgehead atoms. The minimum atomic E-state index is -1.96. The summed E-state index contributed by atoms with van der Waals surface area (Å²) in [6.45, 7) is 12.6. The van der Waals surface area contributed by atoms with Crippen LogP contribution in [0.2, 0.25) is 39.3 Å². The van der Waals surface area contributed by atoms with Crippen LogP contribution < -0.4 is 0 Å². The lowest BCUT2D eigenvalue weighted by atomic mass is 11.7. The summed E-state index contributed by atoms with van der Waals surface area (Å²) in [5.74, 6) is 0. The summed E-state index contributed by atoms with van der Waals surface area (Å²) in [5, 5.41) is 0. The van der Waals surface area contributed by atoms with Crippen LogP contribution in [0.1, 0.15) is 0 Å². The van der Waals surface area contributed by atoms with Crippen molar-refractivity contribution in [3.05, 3.63) is 0 Å². The first-order chi connectivity index (χ1) is 6.70. The van der Waals surface area contributed by atoms with Gasteiger partial charge in [-0.1, -0.05) is 0 Å². The van der Waals surface area contributed by atoms with Gasteiger partial charge in [0, 0.05) is 0 Å². The van der Waals surface area contributed by atoms with Gasteiger partial charge in [-0.05, 0) is 39.3 Å². The molecule has 2 unspecified atom stereocenters. The van der Waals surface area contributed by atoms with Gasteiger partial charge in [0.25, 0.3) is 0 Å². The van der Waals surface area contributed by atoms with Crippen molar-refractivity contribution in [3.63, 3.8) is 0 Å². The van der Waals surface area contributed by atoms with E-state index in [1.54, 1.807) is 0 Å². The Hall–Kier alpha value is 0.708. The largest absolute Gasteiger partial charge is 0.437 e. The second kappa shape index (κ2) is 4.92. The summed E-state index contributed by atoms with van der Waals surface area (Å²) in [6.07, 6.45) is 0.750. The predicted molar refractivity (Wildman–Crippen MR) is 70.2 cm³/mol. The first kappa shape index (κ1) is 13.8. The van der Waals surface area contributed by atoms with Gasteiger partial charge in [-0.3, -0.25) is 0 Å². The van der Waals surface area contributed by atoms with E-state index < -0.39 is 35.4 Å². The van der Waals surface area contributed by atoms with E-state index in [1.165, 1.54) is 0 Å². The highest BCUT2D eigenvalue weighted by Crippen LogP contribution is 2.17. The smallest absolute Gasteiger partial charge is 0.322 e. The van der Waals surface area contributed by atoms with E-state index in [1.807, 2.05) is 0 Å². The molecule has 90 valence electrons. The van der Waals surface area contributed by atoms with Crippen LogP contribution in [0.5, 0.6) is 0 Å². The summed E-state index contributed by atoms with van der Waals surface area (Å²) >= 11 is 0. The van der Waals surface area contributed by atoms with Gasteiger partial charge in [0.05, 0.1) is 6.23 Å². The molecule has 1 fully saturated rings. The maximum absolute atomic E-state index is 6.03. The zero-order valence-electron chi connectivity index (χ0n) is 10.5. The van der Waals surface area contributed by atoms with Crippen molar-refractivity contribution in [2.75, 3.05) is 6.23 Å². The summed E-state index contributed by atoms with van der Waals surface area (Å²) in [4.78, 5) is 0. The summed E-state index contributed by atoms with van der Waals surface area (Å²) < 4.78 is 23.8. The lowest BCUT2D eigenvalue weighted by Gasteiger charge is -2.29. The third-order valence-electron chi connectivity index (χ3n) is 2.05. The molecule has 0 N–H and O–H groups in total. The van der Waals surface area contributed by atoms with Crippen molar-refractivity contribution < 1.29 is 16.8 Å². The number of hydrogen-bond acceptors (Lipinski definition) is 4. The standard InChI is InChI=1S/C7H22O4Si4/c1-12-7-8-14(3,4)10-13(2)11-15(5,6)9-12/h12-13H,7H2,1-6H3. The van der Waals surface area contributed by atoms with Gasteiger partial charge in [0.15, 0.2) is 9.04 Å². The van der Waals surface area contributed by atoms with E-state index in [4.69, 9.17) is 16.8 Å². The minimum Gasteiger partial charge on any atom is -0.437 e. The minimum absolute atomic E-state index is 0.750. The number of hydrogen-bond donors (Lipinski definition) is 0. The Morgan fingerprint density at radius 2 is 1.40 bits per heavy atom. The molecule has 0 aliphatic carbocycles. The molecule has 15 heavy (non-hydrogen) atoms. The summed E-state index contributed by atoms with van der Waals surface area (Å²) in [5.41, 5.74) is 0. The highest BCUT2D eigenvalue weighted by atomic mass is 28.5. The van der Waals surface area contributed by atoms with Crippen LogP contribution in [0.15, 0.2) is 0 Å². The molecule has 1 heterocycles. The Morgan fingerprint density at radius 3 is 2.00 bits per heavy atom. The third-order valence-corrected chi connectivity index (χ3v) is 15.0. The van der Waals surface area contributed by atoms with E-state index in [9.17, 15) is 0 Å². The quantitative estimate of drug-likeness (QED) is 0.626. The highest BCUT2D eigenvalue weighted by molar-refractivity contribution is 6.81. The molecule has 1 rings (SSSR count). The van der Waals surface area contributed by atoms with Crippen LogP contribution >= 0.6 is 0 Å². The average Bonchev–Trinajstić information content (AvgIpc) is 1.98. The fourth-order valence-corrected chi connectivity index (χ4v) is 16.4. The second-order valence-electron chi connectivity index (χ2n) is 4.84. The SMILES string of the molecule is C[SiH]1CO[Si](C)(C)O[SiH](C)O[Si](C)(C)O1. The molecular weight excluding hydrogens is 260 g/mol. The third kappa shape index (κ3) is 5.04. The predicted octanol–water partition coefficient (Wildman–Crippen LogP) is 1.21. The molecule has 8 heteroatoms. The molecule has 0 amide bonds. The highest BCUT2D eigenvalue weighted by Gasteiger charge is 2.37. The molecule has 0 aromatic rings. The first-order valence-corrected chi connectivity index (χ1v) is 15.5. The summed E-state index contributed by atoms with van der Waals surface area (Å²) in [7, 11) is -6.73. The zero-order valence-corrected chi connectivity index (χ0v) is 14.8. The molecule has 0 radical (unpaired) electrons. The van der Waals surface area contributed by atoms with Crippen molar-refractivity contribution in [3.8, 4) is 0 Å². The van der Waals surface area contributed by atoms with E-state index in [2.05, 4.69) is 39.3 Å². The van der Waals surface area contributed by atoms with Gasteiger partial charge in [-0.15, -0.1) is 0 Å². The van der Waals surface area contributed by atoms with Crippen molar-refractivity contribution in [2.24, 2.45) is 0 Å². The van der Waals surface area contributed by atoms with E-state index in [0.717, 1.165) is 6.23 Å². The van der Waals surface area contributed by atoms with E-state index in [0.29, 0.717) is 0 Å². The first-order valence-electron chi connectivity index (χ1n) is 5.38. The van der Waals surface area contributed by atoms with E-state index in [-0.39, 0.29) is 0 Å². The second-order valence-corrected chi connectivity index (χ2v) is 16.6. The molecule has 0 saturated carbocycles. The van der Waals surface area contributed by atoms with Gasteiger partial charge < -0.3 is 16.8 Å².